The molecule has 0 aliphatic carbocycles. The standard InChI is InChI=1S/C10H19NO3S/c1-3-8(6-10(13)14)7-11-9(12)4-5-15-2/h8H,3-7H2,1-2H3,(H,11,12)(H,13,14). The molecular weight excluding hydrogens is 214 g/mol. The van der Waals surface area contributed by atoms with E-state index in [1.54, 1.807) is 11.8 Å². The first-order valence-corrected chi connectivity index (χ1v) is 6.47. The van der Waals surface area contributed by atoms with Gasteiger partial charge in [0.2, 0.25) is 5.91 Å². The predicted molar refractivity (Wildman–Crippen MR) is 62.0 cm³/mol. The van der Waals surface area contributed by atoms with Crippen molar-refractivity contribution >= 4 is 23.6 Å². The molecule has 0 heterocycles. The number of carbonyl (C=O) groups is 2. The van der Waals surface area contributed by atoms with Crippen molar-refractivity contribution in [3.63, 3.8) is 0 Å². The van der Waals surface area contributed by atoms with Gasteiger partial charge in [-0.3, -0.25) is 9.59 Å². The fourth-order valence-electron chi connectivity index (χ4n) is 1.15. The lowest BCUT2D eigenvalue weighted by Crippen LogP contribution is -2.30. The molecule has 1 unspecified atom stereocenters. The lowest BCUT2D eigenvalue weighted by molar-refractivity contribution is -0.138. The Kier molecular flexibility index (Phi) is 8.18. The van der Waals surface area contributed by atoms with Crippen LogP contribution in [0.5, 0.6) is 0 Å². The van der Waals surface area contributed by atoms with E-state index in [1.807, 2.05) is 13.2 Å². The van der Waals surface area contributed by atoms with Crippen molar-refractivity contribution < 1.29 is 14.7 Å². The monoisotopic (exact) mass is 233 g/mol. The summed E-state index contributed by atoms with van der Waals surface area (Å²) in [4.78, 5) is 21.7. The summed E-state index contributed by atoms with van der Waals surface area (Å²) in [5, 5.41) is 11.4. The third kappa shape index (κ3) is 8.30. The van der Waals surface area contributed by atoms with Crippen LogP contribution in [0.1, 0.15) is 26.2 Å². The molecule has 0 aromatic rings. The SMILES string of the molecule is CCC(CNC(=O)CCSC)CC(=O)O. The average Bonchev–Trinajstić information content (AvgIpc) is 2.20. The van der Waals surface area contributed by atoms with Crippen molar-refractivity contribution in [2.75, 3.05) is 18.6 Å². The highest BCUT2D eigenvalue weighted by Crippen LogP contribution is 2.06. The van der Waals surface area contributed by atoms with Gasteiger partial charge in [0.05, 0.1) is 0 Å². The molecule has 0 spiro atoms. The third-order valence-electron chi connectivity index (χ3n) is 2.16. The maximum absolute atomic E-state index is 11.2. The van der Waals surface area contributed by atoms with E-state index in [2.05, 4.69) is 5.32 Å². The fourth-order valence-corrected chi connectivity index (χ4v) is 1.54. The summed E-state index contributed by atoms with van der Waals surface area (Å²) in [6.07, 6.45) is 3.35. The van der Waals surface area contributed by atoms with Gasteiger partial charge in [-0.05, 0) is 12.2 Å². The van der Waals surface area contributed by atoms with Crippen LogP contribution in [0.2, 0.25) is 0 Å². The Bertz CT molecular complexity index is 209. The van der Waals surface area contributed by atoms with Crippen LogP contribution in [0.25, 0.3) is 0 Å². The van der Waals surface area contributed by atoms with Gasteiger partial charge in [-0.1, -0.05) is 13.3 Å². The summed E-state index contributed by atoms with van der Waals surface area (Å²) in [7, 11) is 0. The van der Waals surface area contributed by atoms with Crippen LogP contribution in [0.15, 0.2) is 0 Å². The minimum absolute atomic E-state index is 0.00758. The fraction of sp³-hybridized carbons (Fsp3) is 0.800. The molecule has 1 amide bonds. The molecule has 0 radical (unpaired) electrons. The second kappa shape index (κ2) is 8.59. The van der Waals surface area contributed by atoms with Crippen LogP contribution in [-0.2, 0) is 9.59 Å². The van der Waals surface area contributed by atoms with Crippen molar-refractivity contribution in [3.8, 4) is 0 Å². The maximum Gasteiger partial charge on any atom is 0.303 e. The highest BCUT2D eigenvalue weighted by atomic mass is 32.2. The number of nitrogens with one attached hydrogen (secondary N) is 1. The molecular formula is C10H19NO3S. The van der Waals surface area contributed by atoms with Crippen molar-refractivity contribution in [1.29, 1.82) is 0 Å². The van der Waals surface area contributed by atoms with Crippen molar-refractivity contribution in [2.24, 2.45) is 5.92 Å². The van der Waals surface area contributed by atoms with Crippen LogP contribution in [0.3, 0.4) is 0 Å². The molecule has 0 fully saturated rings. The Hall–Kier alpha value is -0.710. The van der Waals surface area contributed by atoms with E-state index in [-0.39, 0.29) is 18.2 Å². The van der Waals surface area contributed by atoms with Gasteiger partial charge in [0.1, 0.15) is 0 Å². The summed E-state index contributed by atoms with van der Waals surface area (Å²) in [5.74, 6) is 0.0517. The summed E-state index contributed by atoms with van der Waals surface area (Å²) in [6.45, 7) is 2.40. The van der Waals surface area contributed by atoms with Crippen molar-refractivity contribution in [1.82, 2.24) is 5.32 Å². The Balaban J connectivity index is 3.69. The zero-order valence-corrected chi connectivity index (χ0v) is 10.1. The Labute approximate surface area is 94.8 Å². The smallest absolute Gasteiger partial charge is 0.303 e. The molecule has 2 N–H and O–H groups in total. The number of hydrogen-bond acceptors (Lipinski definition) is 3. The second-order valence-corrected chi connectivity index (χ2v) is 4.40. The number of rotatable bonds is 8. The summed E-state index contributed by atoms with van der Waals surface area (Å²) in [6, 6.07) is 0. The molecule has 0 aromatic heterocycles. The van der Waals surface area contributed by atoms with Gasteiger partial charge in [0.15, 0.2) is 0 Å². The van der Waals surface area contributed by atoms with E-state index in [9.17, 15) is 9.59 Å². The van der Waals surface area contributed by atoms with Crippen molar-refractivity contribution in [2.45, 2.75) is 26.2 Å². The van der Waals surface area contributed by atoms with Gasteiger partial charge in [-0.25, -0.2) is 0 Å². The van der Waals surface area contributed by atoms with E-state index in [4.69, 9.17) is 5.11 Å². The summed E-state index contributed by atoms with van der Waals surface area (Å²) >= 11 is 1.63. The molecule has 1 atom stereocenters. The first kappa shape index (κ1) is 14.3. The first-order chi connectivity index (χ1) is 7.10. The molecule has 0 aromatic carbocycles. The zero-order valence-electron chi connectivity index (χ0n) is 9.28. The Morgan fingerprint density at radius 2 is 2.13 bits per heavy atom. The summed E-state index contributed by atoms with van der Waals surface area (Å²) < 4.78 is 0. The number of thioether (sulfide) groups is 1. The average molecular weight is 233 g/mol. The molecule has 0 saturated carbocycles. The zero-order chi connectivity index (χ0) is 11.7. The minimum Gasteiger partial charge on any atom is -0.481 e. The maximum atomic E-state index is 11.2. The molecule has 4 nitrogen and oxygen atoms in total. The van der Waals surface area contributed by atoms with Crippen LogP contribution < -0.4 is 5.32 Å². The predicted octanol–water partition coefficient (Wildman–Crippen LogP) is 1.36. The van der Waals surface area contributed by atoms with E-state index in [0.29, 0.717) is 13.0 Å². The molecule has 5 heteroatoms. The molecule has 0 aliphatic rings. The normalized spacial score (nSPS) is 12.1. The number of carboxylic acid groups (broad SMARTS) is 1. The molecule has 0 aliphatic heterocycles. The van der Waals surface area contributed by atoms with Gasteiger partial charge in [0, 0.05) is 25.1 Å². The van der Waals surface area contributed by atoms with E-state index >= 15 is 0 Å². The number of carboxylic acids is 1. The summed E-state index contributed by atoms with van der Waals surface area (Å²) in [5.41, 5.74) is 0. The van der Waals surface area contributed by atoms with Gasteiger partial charge in [0.25, 0.3) is 0 Å². The van der Waals surface area contributed by atoms with Gasteiger partial charge < -0.3 is 10.4 Å². The van der Waals surface area contributed by atoms with Crippen LogP contribution in [0, 0.1) is 5.92 Å². The highest BCUT2D eigenvalue weighted by Gasteiger charge is 2.12. The number of hydrogen-bond donors (Lipinski definition) is 2. The van der Waals surface area contributed by atoms with Crippen molar-refractivity contribution in [3.05, 3.63) is 0 Å². The molecule has 15 heavy (non-hydrogen) atoms. The van der Waals surface area contributed by atoms with E-state index in [0.717, 1.165) is 12.2 Å². The molecule has 88 valence electrons. The van der Waals surface area contributed by atoms with Crippen LogP contribution >= 0.6 is 11.8 Å². The molecule has 0 bridgehead atoms. The van der Waals surface area contributed by atoms with Gasteiger partial charge in [-0.15, -0.1) is 0 Å². The first-order valence-electron chi connectivity index (χ1n) is 5.07. The third-order valence-corrected chi connectivity index (χ3v) is 2.77. The van der Waals surface area contributed by atoms with Crippen LogP contribution in [0.4, 0.5) is 0 Å². The molecule has 0 saturated heterocycles. The Morgan fingerprint density at radius 3 is 2.60 bits per heavy atom. The lowest BCUT2D eigenvalue weighted by Gasteiger charge is -2.13. The lowest BCUT2D eigenvalue weighted by atomic mass is 10.0. The molecule has 0 rings (SSSR count). The largest absolute Gasteiger partial charge is 0.481 e. The Morgan fingerprint density at radius 1 is 1.47 bits per heavy atom. The van der Waals surface area contributed by atoms with Crippen LogP contribution in [-0.4, -0.2) is 35.5 Å². The quantitative estimate of drug-likeness (QED) is 0.664. The number of amides is 1. The van der Waals surface area contributed by atoms with E-state index < -0.39 is 5.97 Å². The van der Waals surface area contributed by atoms with Gasteiger partial charge in [-0.2, -0.15) is 11.8 Å². The number of carbonyl (C=O) groups excluding carboxylic acids is 1. The van der Waals surface area contributed by atoms with E-state index in [1.165, 1.54) is 0 Å². The second-order valence-electron chi connectivity index (χ2n) is 3.42. The number of aliphatic carboxylic acids is 1. The minimum atomic E-state index is -0.805. The highest BCUT2D eigenvalue weighted by molar-refractivity contribution is 7.98. The van der Waals surface area contributed by atoms with Gasteiger partial charge >= 0.3 is 5.97 Å². The topological polar surface area (TPSA) is 66.4 Å².